The predicted molar refractivity (Wildman–Crippen MR) is 47.6 cm³/mol. The van der Waals surface area contributed by atoms with E-state index in [0.717, 1.165) is 0 Å². The summed E-state index contributed by atoms with van der Waals surface area (Å²) >= 11 is 0. The van der Waals surface area contributed by atoms with Crippen LogP contribution in [0.3, 0.4) is 0 Å². The molecule has 0 aliphatic carbocycles. The zero-order valence-electron chi connectivity index (χ0n) is 7.28. The van der Waals surface area contributed by atoms with Crippen molar-refractivity contribution in [3.63, 3.8) is 0 Å². The summed E-state index contributed by atoms with van der Waals surface area (Å²) in [5.74, 6) is 0.539. The molecule has 0 bridgehead atoms. The van der Waals surface area contributed by atoms with Gasteiger partial charge in [0.25, 0.3) is 0 Å². The fraction of sp³-hybridized carbons (Fsp3) is 0.200. The zero-order valence-corrected chi connectivity index (χ0v) is 7.28. The highest BCUT2D eigenvalue weighted by Gasteiger charge is 2.00. The molecule has 13 heavy (non-hydrogen) atoms. The molecule has 0 aromatic heterocycles. The van der Waals surface area contributed by atoms with E-state index in [1.807, 2.05) is 6.07 Å². The second-order valence-corrected chi connectivity index (χ2v) is 2.53. The fourth-order valence-electron chi connectivity index (χ4n) is 0.920. The third-order valence-electron chi connectivity index (χ3n) is 1.54. The maximum atomic E-state index is 11.0. The molecule has 0 spiro atoms. The maximum absolute atomic E-state index is 11.0. The van der Waals surface area contributed by atoms with Crippen molar-refractivity contribution in [3.8, 4) is 11.8 Å². The number of carbonyl (C=O) groups is 1. The highest BCUT2D eigenvalue weighted by atomic mass is 16.5. The molecule has 0 unspecified atom stereocenters. The summed E-state index contributed by atoms with van der Waals surface area (Å²) < 4.78 is 5.03. The first-order valence-corrected chi connectivity index (χ1v) is 3.85. The van der Waals surface area contributed by atoms with Gasteiger partial charge in [0, 0.05) is 5.56 Å². The number of benzene rings is 1. The SMILES string of the molecule is CC(=O)c1cccc(OCC#N)c1. The molecule has 0 amide bonds. The Morgan fingerprint density at radius 1 is 1.62 bits per heavy atom. The van der Waals surface area contributed by atoms with Crippen molar-refractivity contribution in [1.82, 2.24) is 0 Å². The van der Waals surface area contributed by atoms with Crippen molar-refractivity contribution in [1.29, 1.82) is 5.26 Å². The van der Waals surface area contributed by atoms with Crippen LogP contribution in [0.15, 0.2) is 24.3 Å². The van der Waals surface area contributed by atoms with Crippen molar-refractivity contribution in [2.75, 3.05) is 6.61 Å². The molecule has 3 nitrogen and oxygen atoms in total. The number of nitriles is 1. The Bertz CT molecular complexity index is 352. The molecule has 0 aliphatic heterocycles. The van der Waals surface area contributed by atoms with Crippen LogP contribution in [0.5, 0.6) is 5.75 Å². The molecule has 0 N–H and O–H groups in total. The van der Waals surface area contributed by atoms with E-state index in [2.05, 4.69) is 0 Å². The van der Waals surface area contributed by atoms with Crippen LogP contribution >= 0.6 is 0 Å². The molecule has 0 aliphatic rings. The van der Waals surface area contributed by atoms with Crippen LogP contribution in [0.2, 0.25) is 0 Å². The lowest BCUT2D eigenvalue weighted by atomic mass is 10.1. The van der Waals surface area contributed by atoms with E-state index >= 15 is 0 Å². The molecule has 66 valence electrons. The predicted octanol–water partition coefficient (Wildman–Crippen LogP) is 1.79. The molecular formula is C10H9NO2. The number of nitrogens with zero attached hydrogens (tertiary/aromatic N) is 1. The summed E-state index contributed by atoms with van der Waals surface area (Å²) in [6, 6.07) is 8.63. The molecule has 0 saturated carbocycles. The van der Waals surface area contributed by atoms with Gasteiger partial charge in [0.15, 0.2) is 12.4 Å². The third kappa shape index (κ3) is 2.60. The first-order chi connectivity index (χ1) is 6.24. The Labute approximate surface area is 76.6 Å². The largest absolute Gasteiger partial charge is 0.479 e. The van der Waals surface area contributed by atoms with Crippen molar-refractivity contribution >= 4 is 5.78 Å². The molecule has 0 atom stereocenters. The van der Waals surface area contributed by atoms with Gasteiger partial charge in [0.1, 0.15) is 11.8 Å². The highest BCUT2D eigenvalue weighted by molar-refractivity contribution is 5.94. The van der Waals surface area contributed by atoms with Gasteiger partial charge in [-0.2, -0.15) is 5.26 Å². The van der Waals surface area contributed by atoms with Crippen LogP contribution < -0.4 is 4.74 Å². The monoisotopic (exact) mass is 175 g/mol. The third-order valence-corrected chi connectivity index (χ3v) is 1.54. The van der Waals surface area contributed by atoms with Gasteiger partial charge < -0.3 is 4.74 Å². The number of hydrogen-bond donors (Lipinski definition) is 0. The van der Waals surface area contributed by atoms with Gasteiger partial charge >= 0.3 is 0 Å². The Balaban J connectivity index is 2.80. The number of ketones is 1. The smallest absolute Gasteiger partial charge is 0.174 e. The average molecular weight is 175 g/mol. The Morgan fingerprint density at radius 3 is 3.00 bits per heavy atom. The van der Waals surface area contributed by atoms with E-state index in [1.165, 1.54) is 6.92 Å². The first-order valence-electron chi connectivity index (χ1n) is 3.85. The molecule has 0 radical (unpaired) electrons. The Hall–Kier alpha value is -1.82. The summed E-state index contributed by atoms with van der Waals surface area (Å²) in [5.41, 5.74) is 0.593. The van der Waals surface area contributed by atoms with Crippen molar-refractivity contribution in [2.24, 2.45) is 0 Å². The van der Waals surface area contributed by atoms with Gasteiger partial charge in [0.2, 0.25) is 0 Å². The molecule has 0 saturated heterocycles. The maximum Gasteiger partial charge on any atom is 0.174 e. The average Bonchev–Trinajstić information content (AvgIpc) is 2.15. The van der Waals surface area contributed by atoms with E-state index in [1.54, 1.807) is 24.3 Å². The lowest BCUT2D eigenvalue weighted by Crippen LogP contribution is -1.96. The summed E-state index contributed by atoms with van der Waals surface area (Å²) in [5, 5.41) is 8.26. The minimum absolute atomic E-state index is 0.00135. The number of rotatable bonds is 3. The summed E-state index contributed by atoms with van der Waals surface area (Å²) in [4.78, 5) is 11.0. The zero-order chi connectivity index (χ0) is 9.68. The van der Waals surface area contributed by atoms with E-state index in [9.17, 15) is 4.79 Å². The molecule has 1 aromatic rings. The Morgan fingerprint density at radius 2 is 2.38 bits per heavy atom. The summed E-state index contributed by atoms with van der Waals surface area (Å²) in [7, 11) is 0. The molecule has 1 rings (SSSR count). The van der Waals surface area contributed by atoms with Gasteiger partial charge in [-0.25, -0.2) is 0 Å². The van der Waals surface area contributed by atoms with E-state index in [-0.39, 0.29) is 12.4 Å². The minimum Gasteiger partial charge on any atom is -0.479 e. The van der Waals surface area contributed by atoms with Gasteiger partial charge in [-0.05, 0) is 19.1 Å². The standard InChI is InChI=1S/C10H9NO2/c1-8(12)9-3-2-4-10(7-9)13-6-5-11/h2-4,7H,6H2,1H3. The van der Waals surface area contributed by atoms with Crippen LogP contribution in [0, 0.1) is 11.3 Å². The number of carbonyl (C=O) groups excluding carboxylic acids is 1. The lowest BCUT2D eigenvalue weighted by molar-refractivity contribution is 0.101. The molecule has 3 heteroatoms. The van der Waals surface area contributed by atoms with E-state index in [4.69, 9.17) is 10.00 Å². The number of hydrogen-bond acceptors (Lipinski definition) is 3. The van der Waals surface area contributed by atoms with Crippen LogP contribution in [0.4, 0.5) is 0 Å². The summed E-state index contributed by atoms with van der Waals surface area (Å²) in [6.07, 6.45) is 0. The molecular weight excluding hydrogens is 166 g/mol. The second-order valence-electron chi connectivity index (χ2n) is 2.53. The van der Waals surface area contributed by atoms with Crippen LogP contribution in [0.25, 0.3) is 0 Å². The highest BCUT2D eigenvalue weighted by Crippen LogP contribution is 2.13. The quantitative estimate of drug-likeness (QED) is 0.658. The van der Waals surface area contributed by atoms with Crippen molar-refractivity contribution in [3.05, 3.63) is 29.8 Å². The van der Waals surface area contributed by atoms with Crippen molar-refractivity contribution in [2.45, 2.75) is 6.92 Å². The van der Waals surface area contributed by atoms with E-state index in [0.29, 0.717) is 11.3 Å². The van der Waals surface area contributed by atoms with Gasteiger partial charge in [-0.3, -0.25) is 4.79 Å². The first kappa shape index (κ1) is 9.27. The second kappa shape index (κ2) is 4.27. The number of ether oxygens (including phenoxy) is 1. The molecule has 1 aromatic carbocycles. The fourth-order valence-corrected chi connectivity index (χ4v) is 0.920. The van der Waals surface area contributed by atoms with Crippen LogP contribution in [0.1, 0.15) is 17.3 Å². The van der Waals surface area contributed by atoms with Crippen molar-refractivity contribution < 1.29 is 9.53 Å². The van der Waals surface area contributed by atoms with Gasteiger partial charge in [0.05, 0.1) is 0 Å². The van der Waals surface area contributed by atoms with E-state index < -0.39 is 0 Å². The topological polar surface area (TPSA) is 50.1 Å². The van der Waals surface area contributed by atoms with Crippen LogP contribution in [-0.4, -0.2) is 12.4 Å². The molecule has 0 heterocycles. The van der Waals surface area contributed by atoms with Crippen LogP contribution in [-0.2, 0) is 0 Å². The normalized spacial score (nSPS) is 8.92. The molecule has 0 fully saturated rings. The van der Waals surface area contributed by atoms with Gasteiger partial charge in [-0.1, -0.05) is 12.1 Å². The Kier molecular flexibility index (Phi) is 3.04. The summed E-state index contributed by atoms with van der Waals surface area (Å²) in [6.45, 7) is 1.49. The minimum atomic E-state index is -0.0117. The lowest BCUT2D eigenvalue weighted by Gasteiger charge is -2.01. The van der Waals surface area contributed by atoms with Gasteiger partial charge in [-0.15, -0.1) is 0 Å². The number of Topliss-reactive ketones (excluding diaryl/α,β-unsaturated/α-hetero) is 1.